The molecule has 0 aromatic carbocycles. The third kappa shape index (κ3) is 5.47. The molecule has 1 heterocycles. The van der Waals surface area contributed by atoms with Gasteiger partial charge in [-0.1, -0.05) is 12.1 Å². The number of rotatable bonds is 9. The van der Waals surface area contributed by atoms with Gasteiger partial charge < -0.3 is 20.5 Å². The number of aromatic nitrogens is 2. The molecule has 1 aromatic rings. The summed E-state index contributed by atoms with van der Waals surface area (Å²) < 4.78 is 21.2. The van der Waals surface area contributed by atoms with Gasteiger partial charge in [-0.25, -0.2) is 13.7 Å². The topological polar surface area (TPSA) is 164 Å². The van der Waals surface area contributed by atoms with Crippen molar-refractivity contribution in [1.29, 1.82) is 0 Å². The predicted molar refractivity (Wildman–Crippen MR) is 72.7 cm³/mol. The third-order valence-electron chi connectivity index (χ3n) is 2.59. The summed E-state index contributed by atoms with van der Waals surface area (Å²) in [7, 11) is 0. The van der Waals surface area contributed by atoms with Gasteiger partial charge in [0.2, 0.25) is 5.89 Å². The molecule has 1 rings (SSSR count). The van der Waals surface area contributed by atoms with E-state index in [1.54, 1.807) is 0 Å². The average Bonchev–Trinajstić information content (AvgIpc) is 2.89. The fourth-order valence-corrected chi connectivity index (χ4v) is 2.18. The second kappa shape index (κ2) is 8.14. The van der Waals surface area contributed by atoms with Crippen LogP contribution in [0, 0.1) is 0 Å². The number of hydrogen-bond donors (Lipinski definition) is 5. The lowest BCUT2D eigenvalue weighted by molar-refractivity contribution is -0.141. The Kier molecular flexibility index (Phi) is 6.84. The molecule has 0 bridgehead atoms. The summed E-state index contributed by atoms with van der Waals surface area (Å²) in [4.78, 5) is 14.8. The summed E-state index contributed by atoms with van der Waals surface area (Å²) in [5, 5.41) is 21.8. The SMILES string of the molecule is CCC(N)c1noc(CNS(=O)NC(C(=O)O)C(C)O)n1. The van der Waals surface area contributed by atoms with Crippen molar-refractivity contribution in [1.82, 2.24) is 19.6 Å². The molecule has 4 atom stereocenters. The maximum absolute atomic E-state index is 11.6. The summed E-state index contributed by atoms with van der Waals surface area (Å²) in [6.45, 7) is 3.12. The zero-order valence-electron chi connectivity index (χ0n) is 11.6. The van der Waals surface area contributed by atoms with Crippen LogP contribution >= 0.6 is 0 Å². The lowest BCUT2D eigenvalue weighted by atomic mass is 10.2. The first-order valence-electron chi connectivity index (χ1n) is 6.25. The van der Waals surface area contributed by atoms with Crippen LogP contribution in [0.2, 0.25) is 0 Å². The smallest absolute Gasteiger partial charge is 0.324 e. The van der Waals surface area contributed by atoms with Crippen molar-refractivity contribution in [3.8, 4) is 0 Å². The molecule has 0 aliphatic heterocycles. The van der Waals surface area contributed by atoms with E-state index >= 15 is 0 Å². The van der Waals surface area contributed by atoms with Crippen molar-refractivity contribution in [2.24, 2.45) is 5.73 Å². The Hall–Kier alpha value is -1.40. The second-order valence-corrected chi connectivity index (χ2v) is 5.39. The molecule has 120 valence electrons. The van der Waals surface area contributed by atoms with Gasteiger partial charge >= 0.3 is 5.97 Å². The minimum atomic E-state index is -1.89. The van der Waals surface area contributed by atoms with Crippen LogP contribution in [0.5, 0.6) is 0 Å². The Morgan fingerprint density at radius 2 is 2.24 bits per heavy atom. The molecule has 6 N–H and O–H groups in total. The quantitative estimate of drug-likeness (QED) is 0.369. The normalized spacial score (nSPS) is 17.1. The lowest BCUT2D eigenvalue weighted by Crippen LogP contribution is -2.48. The molecule has 11 heteroatoms. The van der Waals surface area contributed by atoms with Crippen molar-refractivity contribution in [2.45, 2.75) is 45.0 Å². The number of aliphatic hydroxyl groups excluding tert-OH is 1. The Bertz CT molecular complexity index is 494. The zero-order chi connectivity index (χ0) is 16.0. The van der Waals surface area contributed by atoms with Crippen molar-refractivity contribution < 1.29 is 23.7 Å². The van der Waals surface area contributed by atoms with Crippen LogP contribution in [-0.4, -0.2) is 42.7 Å². The van der Waals surface area contributed by atoms with Crippen molar-refractivity contribution in [2.75, 3.05) is 0 Å². The average molecular weight is 321 g/mol. The van der Waals surface area contributed by atoms with Crippen LogP contribution in [0.25, 0.3) is 0 Å². The third-order valence-corrected chi connectivity index (χ3v) is 3.47. The summed E-state index contributed by atoms with van der Waals surface area (Å²) >= 11 is -1.89. The van der Waals surface area contributed by atoms with Gasteiger partial charge in [0, 0.05) is 0 Å². The number of aliphatic hydroxyl groups is 1. The van der Waals surface area contributed by atoms with Crippen molar-refractivity contribution in [3.63, 3.8) is 0 Å². The van der Waals surface area contributed by atoms with E-state index in [0.717, 1.165) is 0 Å². The molecule has 21 heavy (non-hydrogen) atoms. The maximum atomic E-state index is 11.6. The summed E-state index contributed by atoms with van der Waals surface area (Å²) in [5.41, 5.74) is 5.73. The Morgan fingerprint density at radius 3 is 2.76 bits per heavy atom. The Balaban J connectivity index is 2.49. The monoisotopic (exact) mass is 321 g/mol. The molecule has 0 amide bonds. The van der Waals surface area contributed by atoms with Crippen molar-refractivity contribution in [3.05, 3.63) is 11.7 Å². The van der Waals surface area contributed by atoms with Crippen LogP contribution in [-0.2, 0) is 22.5 Å². The highest BCUT2D eigenvalue weighted by Gasteiger charge is 2.25. The molecular weight excluding hydrogens is 302 g/mol. The molecule has 0 fully saturated rings. The van der Waals surface area contributed by atoms with Crippen LogP contribution in [0.15, 0.2) is 4.52 Å². The van der Waals surface area contributed by atoms with Crippen LogP contribution in [0.1, 0.15) is 38.0 Å². The largest absolute Gasteiger partial charge is 0.480 e. The standard InChI is InChI=1S/C10H19N5O5S/c1-3-6(11)9-13-7(20-14-9)4-12-21(19)15-8(5(2)16)10(17)18/h5-6,8,12,15-16H,3-4,11H2,1-2H3,(H,17,18). The molecule has 10 nitrogen and oxygen atoms in total. The number of aliphatic carboxylic acids is 1. The van der Waals surface area contributed by atoms with E-state index in [-0.39, 0.29) is 18.5 Å². The number of carboxylic acids is 1. The second-order valence-electron chi connectivity index (χ2n) is 4.33. The molecule has 0 aliphatic carbocycles. The Labute approximate surface area is 123 Å². The van der Waals surface area contributed by atoms with E-state index in [1.165, 1.54) is 6.92 Å². The van der Waals surface area contributed by atoms with E-state index in [0.29, 0.717) is 12.2 Å². The van der Waals surface area contributed by atoms with Gasteiger partial charge in [0.05, 0.1) is 18.7 Å². The molecule has 0 radical (unpaired) electrons. The van der Waals surface area contributed by atoms with Gasteiger partial charge in [-0.05, 0) is 13.3 Å². The minimum Gasteiger partial charge on any atom is -0.480 e. The molecule has 0 saturated carbocycles. The van der Waals surface area contributed by atoms with Crippen LogP contribution < -0.4 is 15.2 Å². The van der Waals surface area contributed by atoms with Gasteiger partial charge in [-0.2, -0.15) is 4.98 Å². The van der Waals surface area contributed by atoms with E-state index in [2.05, 4.69) is 19.6 Å². The van der Waals surface area contributed by atoms with E-state index < -0.39 is 29.3 Å². The van der Waals surface area contributed by atoms with Gasteiger partial charge in [0.15, 0.2) is 17.0 Å². The maximum Gasteiger partial charge on any atom is 0.324 e. The fourth-order valence-electron chi connectivity index (χ4n) is 1.31. The van der Waals surface area contributed by atoms with Crippen LogP contribution in [0.3, 0.4) is 0 Å². The first kappa shape index (κ1) is 17.7. The first-order chi connectivity index (χ1) is 9.85. The molecular formula is C10H19N5O5S. The first-order valence-corrected chi connectivity index (χ1v) is 7.40. The fraction of sp³-hybridized carbons (Fsp3) is 0.700. The molecule has 4 unspecified atom stereocenters. The number of nitrogens with zero attached hydrogens (tertiary/aromatic N) is 2. The van der Waals surface area contributed by atoms with Gasteiger partial charge in [-0.3, -0.25) is 4.79 Å². The van der Waals surface area contributed by atoms with E-state index in [1.807, 2.05) is 6.92 Å². The number of nitrogens with one attached hydrogen (secondary N) is 2. The Morgan fingerprint density at radius 1 is 1.57 bits per heavy atom. The van der Waals surface area contributed by atoms with Gasteiger partial charge in [0.25, 0.3) is 0 Å². The summed E-state index contributed by atoms with van der Waals surface area (Å²) in [6, 6.07) is -1.69. The number of nitrogens with two attached hydrogens (primary N) is 1. The van der Waals surface area contributed by atoms with E-state index in [9.17, 15) is 14.1 Å². The van der Waals surface area contributed by atoms with Gasteiger partial charge in [0.1, 0.15) is 6.04 Å². The van der Waals surface area contributed by atoms with E-state index in [4.69, 9.17) is 15.4 Å². The van der Waals surface area contributed by atoms with Crippen molar-refractivity contribution >= 4 is 17.1 Å². The molecule has 0 spiro atoms. The highest BCUT2D eigenvalue weighted by Crippen LogP contribution is 2.09. The number of carbonyl (C=O) groups is 1. The highest BCUT2D eigenvalue weighted by molar-refractivity contribution is 7.81. The predicted octanol–water partition coefficient (Wildman–Crippen LogP) is -1.43. The summed E-state index contributed by atoms with van der Waals surface area (Å²) in [6.07, 6.45) is -0.556. The minimum absolute atomic E-state index is 0.0325. The zero-order valence-corrected chi connectivity index (χ0v) is 12.5. The number of hydrogen-bond acceptors (Lipinski definition) is 7. The molecule has 0 aliphatic rings. The lowest BCUT2D eigenvalue weighted by Gasteiger charge is -2.15. The summed E-state index contributed by atoms with van der Waals surface area (Å²) in [5.74, 6) is -0.789. The molecule has 1 aromatic heterocycles. The molecule has 0 saturated heterocycles. The van der Waals surface area contributed by atoms with Crippen LogP contribution in [0.4, 0.5) is 0 Å². The number of carboxylic acid groups (broad SMARTS) is 1. The van der Waals surface area contributed by atoms with Gasteiger partial charge in [-0.15, -0.1) is 0 Å². The highest BCUT2D eigenvalue weighted by atomic mass is 32.2.